The molecule has 0 aliphatic rings. The first-order chi connectivity index (χ1) is 20.6. The molecule has 0 fully saturated rings. The molecule has 5 aromatic rings. The van der Waals surface area contributed by atoms with Crippen molar-refractivity contribution in [2.75, 3.05) is 16.0 Å². The highest BCUT2D eigenvalue weighted by Gasteiger charge is 2.19. The largest absolute Gasteiger partial charge is 0.465 e. The quantitative estimate of drug-likeness (QED) is 0.137. The minimum Gasteiger partial charge on any atom is -0.465 e. The van der Waals surface area contributed by atoms with Crippen molar-refractivity contribution in [2.24, 2.45) is 0 Å². The van der Waals surface area contributed by atoms with E-state index in [2.05, 4.69) is 10.6 Å². The van der Waals surface area contributed by atoms with Gasteiger partial charge in [-0.2, -0.15) is 0 Å². The molecule has 5 rings (SSSR count). The van der Waals surface area contributed by atoms with E-state index in [0.29, 0.717) is 17.0 Å². The van der Waals surface area contributed by atoms with Crippen LogP contribution in [0, 0.1) is 0 Å². The molecule has 0 saturated carbocycles. The van der Waals surface area contributed by atoms with Crippen LogP contribution in [0.5, 0.6) is 0 Å². The van der Waals surface area contributed by atoms with E-state index in [4.69, 9.17) is 4.42 Å². The molecule has 0 atom stereocenters. The molecule has 0 unspecified atom stereocenters. The summed E-state index contributed by atoms with van der Waals surface area (Å²) in [5.74, 6) is -0.342. The van der Waals surface area contributed by atoms with E-state index >= 15 is 0 Å². The topological polar surface area (TPSA) is 91.7 Å². The van der Waals surface area contributed by atoms with Crippen molar-refractivity contribution in [3.8, 4) is 0 Å². The fourth-order valence-electron chi connectivity index (χ4n) is 4.09. The Labute approximate surface area is 247 Å². The minimum absolute atomic E-state index is 0.0322. The molecular formula is C34H27N3O4S. The maximum Gasteiger partial charge on any atom is 0.272 e. The Hall–Kier alpha value is -5.34. The molecule has 0 aliphatic carbocycles. The van der Waals surface area contributed by atoms with Crippen molar-refractivity contribution in [3.05, 3.63) is 151 Å². The molecule has 208 valence electrons. The molecule has 0 radical (unpaired) electrons. The second kappa shape index (κ2) is 13.8. The Morgan fingerprint density at radius 2 is 1.31 bits per heavy atom. The molecule has 7 nitrogen and oxygen atoms in total. The highest BCUT2D eigenvalue weighted by Crippen LogP contribution is 2.28. The van der Waals surface area contributed by atoms with Gasteiger partial charge in [-0.15, -0.1) is 11.8 Å². The Morgan fingerprint density at radius 1 is 0.714 bits per heavy atom. The fourth-order valence-corrected chi connectivity index (χ4v) is 4.84. The first-order valence-corrected chi connectivity index (χ1v) is 14.1. The van der Waals surface area contributed by atoms with Gasteiger partial charge in [-0.25, -0.2) is 0 Å². The third kappa shape index (κ3) is 7.44. The number of amides is 3. The number of thioether (sulfide) groups is 1. The monoisotopic (exact) mass is 573 g/mol. The van der Waals surface area contributed by atoms with Crippen molar-refractivity contribution < 1.29 is 18.8 Å². The number of furan rings is 1. The van der Waals surface area contributed by atoms with E-state index in [1.165, 1.54) is 24.1 Å². The molecule has 0 spiro atoms. The van der Waals surface area contributed by atoms with Gasteiger partial charge in [0.2, 0.25) is 5.91 Å². The maximum absolute atomic E-state index is 13.3. The van der Waals surface area contributed by atoms with Crippen LogP contribution in [0.25, 0.3) is 6.08 Å². The molecule has 0 aliphatic heterocycles. The third-order valence-corrected chi connectivity index (χ3v) is 7.11. The van der Waals surface area contributed by atoms with E-state index < -0.39 is 11.8 Å². The summed E-state index contributed by atoms with van der Waals surface area (Å²) in [6.07, 6.45) is 2.96. The number of hydrogen-bond donors (Lipinski definition) is 2. The Balaban J connectivity index is 1.24. The summed E-state index contributed by atoms with van der Waals surface area (Å²) in [5.41, 5.74) is 2.58. The zero-order valence-corrected chi connectivity index (χ0v) is 23.3. The van der Waals surface area contributed by atoms with Crippen LogP contribution in [0.15, 0.2) is 149 Å². The normalized spacial score (nSPS) is 11.0. The highest BCUT2D eigenvalue weighted by molar-refractivity contribution is 8.00. The number of carbonyl (C=O) groups excluding carboxylic acids is 3. The number of benzene rings is 4. The molecule has 0 bridgehead atoms. The predicted molar refractivity (Wildman–Crippen MR) is 166 cm³/mol. The van der Waals surface area contributed by atoms with Crippen LogP contribution < -0.4 is 15.5 Å². The fraction of sp³-hybridized carbons (Fsp3) is 0.0294. The number of rotatable bonds is 10. The number of nitrogens with zero attached hydrogens (tertiary/aromatic N) is 1. The molecule has 2 N–H and O–H groups in total. The number of carbonyl (C=O) groups is 3. The van der Waals surface area contributed by atoms with Gasteiger partial charge in [0, 0.05) is 33.6 Å². The third-order valence-electron chi connectivity index (χ3n) is 6.11. The van der Waals surface area contributed by atoms with Gasteiger partial charge in [0.15, 0.2) is 0 Å². The van der Waals surface area contributed by atoms with Crippen LogP contribution >= 0.6 is 11.8 Å². The van der Waals surface area contributed by atoms with E-state index in [-0.39, 0.29) is 17.4 Å². The summed E-state index contributed by atoms with van der Waals surface area (Å²) in [5, 5.41) is 5.49. The summed E-state index contributed by atoms with van der Waals surface area (Å²) >= 11 is 1.40. The smallest absolute Gasteiger partial charge is 0.272 e. The van der Waals surface area contributed by atoms with Crippen molar-refractivity contribution >= 4 is 52.6 Å². The van der Waals surface area contributed by atoms with Gasteiger partial charge < -0.3 is 15.1 Å². The number of nitrogens with one attached hydrogen (secondary N) is 2. The van der Waals surface area contributed by atoms with Crippen LogP contribution in [-0.2, 0) is 9.59 Å². The molecular weight excluding hydrogens is 546 g/mol. The summed E-state index contributed by atoms with van der Waals surface area (Å²) in [7, 11) is 0. The zero-order chi connectivity index (χ0) is 29.1. The number of para-hydroxylation sites is 2. The zero-order valence-electron chi connectivity index (χ0n) is 22.5. The van der Waals surface area contributed by atoms with E-state index in [1.807, 2.05) is 78.9 Å². The second-order valence-electron chi connectivity index (χ2n) is 9.06. The standard InChI is InChI=1S/C34H27N3O4S/c38-32(37(27-13-6-2-7-14-27)28-15-8-3-9-16-28)24-42-30-20-18-26(19-21-30)35-34(40)31(23-29-17-10-22-41-29)36-33(39)25-11-4-1-5-12-25/h1-23H,24H2,(H,35,40)(H,36,39)/b31-23-. The minimum atomic E-state index is -0.507. The summed E-state index contributed by atoms with van der Waals surface area (Å²) in [6.45, 7) is 0. The lowest BCUT2D eigenvalue weighted by Crippen LogP contribution is -2.30. The average molecular weight is 574 g/mol. The summed E-state index contributed by atoms with van der Waals surface area (Å²) in [6, 6.07) is 38.3. The molecule has 1 heterocycles. The molecule has 4 aromatic carbocycles. The molecule has 3 amide bonds. The summed E-state index contributed by atoms with van der Waals surface area (Å²) in [4.78, 5) is 41.8. The first-order valence-electron chi connectivity index (χ1n) is 13.2. The van der Waals surface area contributed by atoms with Crippen LogP contribution in [0.1, 0.15) is 16.1 Å². The molecule has 42 heavy (non-hydrogen) atoms. The SMILES string of the molecule is O=C(Nc1ccc(SCC(=O)N(c2ccccc2)c2ccccc2)cc1)/C(=C/c1ccco1)NC(=O)c1ccccc1. The van der Waals surface area contributed by atoms with E-state index in [9.17, 15) is 14.4 Å². The lowest BCUT2D eigenvalue weighted by Gasteiger charge is -2.23. The van der Waals surface area contributed by atoms with Crippen molar-refractivity contribution in [2.45, 2.75) is 4.90 Å². The Kier molecular flexibility index (Phi) is 9.28. The van der Waals surface area contributed by atoms with E-state index in [1.54, 1.807) is 53.4 Å². The van der Waals surface area contributed by atoms with Crippen molar-refractivity contribution in [1.29, 1.82) is 0 Å². The van der Waals surface area contributed by atoms with Gasteiger partial charge in [-0.3, -0.25) is 19.3 Å². The lowest BCUT2D eigenvalue weighted by atomic mass is 10.2. The second-order valence-corrected chi connectivity index (χ2v) is 10.1. The predicted octanol–water partition coefficient (Wildman–Crippen LogP) is 7.15. The molecule has 0 saturated heterocycles. The Bertz CT molecular complexity index is 1620. The van der Waals surface area contributed by atoms with Crippen LogP contribution in [0.4, 0.5) is 17.1 Å². The van der Waals surface area contributed by atoms with Gasteiger partial charge in [-0.1, -0.05) is 54.6 Å². The van der Waals surface area contributed by atoms with Crippen LogP contribution in [0.2, 0.25) is 0 Å². The average Bonchev–Trinajstić information content (AvgIpc) is 3.55. The highest BCUT2D eigenvalue weighted by atomic mass is 32.2. The summed E-state index contributed by atoms with van der Waals surface area (Å²) < 4.78 is 5.35. The van der Waals surface area contributed by atoms with Crippen molar-refractivity contribution in [3.63, 3.8) is 0 Å². The van der Waals surface area contributed by atoms with Crippen LogP contribution in [0.3, 0.4) is 0 Å². The van der Waals surface area contributed by atoms with Gasteiger partial charge in [-0.05, 0) is 72.8 Å². The lowest BCUT2D eigenvalue weighted by molar-refractivity contribution is -0.115. The number of anilines is 3. The van der Waals surface area contributed by atoms with Gasteiger partial charge >= 0.3 is 0 Å². The maximum atomic E-state index is 13.3. The van der Waals surface area contributed by atoms with Crippen molar-refractivity contribution in [1.82, 2.24) is 5.32 Å². The molecule has 8 heteroatoms. The molecule has 1 aromatic heterocycles. The first kappa shape index (κ1) is 28.2. The van der Waals surface area contributed by atoms with Gasteiger partial charge in [0.05, 0.1) is 12.0 Å². The Morgan fingerprint density at radius 3 is 1.88 bits per heavy atom. The van der Waals surface area contributed by atoms with Gasteiger partial charge in [0.25, 0.3) is 11.8 Å². The van der Waals surface area contributed by atoms with Gasteiger partial charge in [0.1, 0.15) is 11.5 Å². The van der Waals surface area contributed by atoms with Crippen LogP contribution in [-0.4, -0.2) is 23.5 Å². The number of hydrogen-bond acceptors (Lipinski definition) is 5. The van der Waals surface area contributed by atoms with E-state index in [0.717, 1.165) is 16.3 Å².